The van der Waals surface area contributed by atoms with Crippen LogP contribution in [0.2, 0.25) is 0 Å². The van der Waals surface area contributed by atoms with Crippen LogP contribution in [0.25, 0.3) is 0 Å². The molecule has 0 aromatic heterocycles. The van der Waals surface area contributed by atoms with Crippen LogP contribution in [0.1, 0.15) is 38.8 Å². The van der Waals surface area contributed by atoms with Crippen molar-refractivity contribution in [3.8, 4) is 5.75 Å². The third-order valence-corrected chi connectivity index (χ3v) is 4.35. The van der Waals surface area contributed by atoms with Crippen molar-refractivity contribution in [2.24, 2.45) is 5.41 Å². The smallest absolute Gasteiger partial charge is 0.115 e. The second-order valence-corrected chi connectivity index (χ2v) is 6.07. The summed E-state index contributed by atoms with van der Waals surface area (Å²) in [6.07, 6.45) is 1.25. The van der Waals surface area contributed by atoms with Crippen LogP contribution >= 0.6 is 0 Å². The van der Waals surface area contributed by atoms with Crippen LogP contribution in [0.3, 0.4) is 0 Å². The Bertz CT molecular complexity index is 413. The van der Waals surface area contributed by atoms with Crippen molar-refractivity contribution in [1.82, 2.24) is 10.2 Å². The van der Waals surface area contributed by atoms with E-state index in [1.807, 2.05) is 12.1 Å². The first-order valence-electron chi connectivity index (χ1n) is 7.28. The molecule has 3 heteroatoms. The SMILES string of the molecule is CCN(CC1(C)CCNC1)C(C)c1cccc(O)c1. The summed E-state index contributed by atoms with van der Waals surface area (Å²) in [7, 11) is 0. The van der Waals surface area contributed by atoms with Gasteiger partial charge < -0.3 is 10.4 Å². The van der Waals surface area contributed by atoms with Gasteiger partial charge in [0.1, 0.15) is 5.75 Å². The van der Waals surface area contributed by atoms with Crippen LogP contribution in [-0.4, -0.2) is 36.2 Å². The summed E-state index contributed by atoms with van der Waals surface area (Å²) in [5.74, 6) is 0.356. The molecule has 0 saturated carbocycles. The van der Waals surface area contributed by atoms with Crippen molar-refractivity contribution in [1.29, 1.82) is 0 Å². The van der Waals surface area contributed by atoms with Gasteiger partial charge in [-0.1, -0.05) is 26.0 Å². The van der Waals surface area contributed by atoms with E-state index in [1.54, 1.807) is 6.07 Å². The molecule has 0 aliphatic carbocycles. The molecule has 0 spiro atoms. The zero-order valence-electron chi connectivity index (χ0n) is 12.3. The molecule has 2 rings (SSSR count). The molecule has 1 aliphatic rings. The lowest BCUT2D eigenvalue weighted by atomic mass is 9.88. The number of hydrogen-bond acceptors (Lipinski definition) is 3. The molecule has 1 heterocycles. The molecular weight excluding hydrogens is 236 g/mol. The summed E-state index contributed by atoms with van der Waals surface area (Å²) in [5.41, 5.74) is 1.57. The highest BCUT2D eigenvalue weighted by atomic mass is 16.3. The molecule has 1 aromatic carbocycles. The van der Waals surface area contributed by atoms with Gasteiger partial charge in [-0.2, -0.15) is 0 Å². The molecule has 2 N–H and O–H groups in total. The van der Waals surface area contributed by atoms with Gasteiger partial charge in [-0.3, -0.25) is 4.90 Å². The minimum absolute atomic E-state index is 0.342. The molecule has 1 fully saturated rings. The normalized spacial score (nSPS) is 24.8. The van der Waals surface area contributed by atoms with Crippen molar-refractivity contribution in [3.05, 3.63) is 29.8 Å². The van der Waals surface area contributed by atoms with Gasteiger partial charge in [0, 0.05) is 19.1 Å². The first-order valence-corrected chi connectivity index (χ1v) is 7.28. The van der Waals surface area contributed by atoms with Crippen molar-refractivity contribution in [3.63, 3.8) is 0 Å². The maximum atomic E-state index is 9.62. The second-order valence-electron chi connectivity index (χ2n) is 6.07. The molecule has 0 bridgehead atoms. The summed E-state index contributed by atoms with van der Waals surface area (Å²) < 4.78 is 0. The number of rotatable bonds is 5. The summed E-state index contributed by atoms with van der Waals surface area (Å²) in [5, 5.41) is 13.1. The van der Waals surface area contributed by atoms with Crippen molar-refractivity contribution in [2.45, 2.75) is 33.2 Å². The van der Waals surface area contributed by atoms with Crippen LogP contribution in [0, 0.1) is 5.41 Å². The van der Waals surface area contributed by atoms with Gasteiger partial charge in [-0.25, -0.2) is 0 Å². The van der Waals surface area contributed by atoms with Crippen LogP contribution in [0.4, 0.5) is 0 Å². The van der Waals surface area contributed by atoms with Gasteiger partial charge in [-0.05, 0) is 49.5 Å². The lowest BCUT2D eigenvalue weighted by Gasteiger charge is -2.35. The Morgan fingerprint density at radius 2 is 2.26 bits per heavy atom. The van der Waals surface area contributed by atoms with Gasteiger partial charge in [0.05, 0.1) is 0 Å². The van der Waals surface area contributed by atoms with Crippen LogP contribution in [0.5, 0.6) is 5.75 Å². The number of hydrogen-bond donors (Lipinski definition) is 2. The fourth-order valence-electron chi connectivity index (χ4n) is 3.01. The van der Waals surface area contributed by atoms with Crippen molar-refractivity contribution in [2.75, 3.05) is 26.2 Å². The number of phenols is 1. The molecule has 1 saturated heterocycles. The highest BCUT2D eigenvalue weighted by Crippen LogP contribution is 2.30. The fraction of sp³-hybridized carbons (Fsp3) is 0.625. The van der Waals surface area contributed by atoms with Crippen LogP contribution in [-0.2, 0) is 0 Å². The Labute approximate surface area is 116 Å². The third-order valence-electron chi connectivity index (χ3n) is 4.35. The maximum Gasteiger partial charge on any atom is 0.115 e. The molecular formula is C16H26N2O. The van der Waals surface area contributed by atoms with Gasteiger partial charge in [0.15, 0.2) is 0 Å². The topological polar surface area (TPSA) is 35.5 Å². The number of aromatic hydroxyl groups is 1. The minimum atomic E-state index is 0.342. The van der Waals surface area contributed by atoms with Crippen LogP contribution in [0.15, 0.2) is 24.3 Å². The van der Waals surface area contributed by atoms with E-state index in [0.717, 1.165) is 26.2 Å². The van der Waals surface area contributed by atoms with Crippen molar-refractivity contribution >= 4 is 0 Å². The van der Waals surface area contributed by atoms with Gasteiger partial charge >= 0.3 is 0 Å². The van der Waals surface area contributed by atoms with E-state index in [1.165, 1.54) is 12.0 Å². The summed E-state index contributed by atoms with van der Waals surface area (Å²) in [6, 6.07) is 7.97. The lowest BCUT2D eigenvalue weighted by molar-refractivity contribution is 0.143. The van der Waals surface area contributed by atoms with Gasteiger partial charge in [0.25, 0.3) is 0 Å². The van der Waals surface area contributed by atoms with Gasteiger partial charge in [-0.15, -0.1) is 0 Å². The van der Waals surface area contributed by atoms with E-state index < -0.39 is 0 Å². The zero-order chi connectivity index (χ0) is 13.9. The number of nitrogens with zero attached hydrogens (tertiary/aromatic N) is 1. The molecule has 2 atom stereocenters. The molecule has 19 heavy (non-hydrogen) atoms. The van der Waals surface area contributed by atoms with E-state index >= 15 is 0 Å². The predicted molar refractivity (Wildman–Crippen MR) is 79.4 cm³/mol. The summed E-state index contributed by atoms with van der Waals surface area (Å²) in [4.78, 5) is 2.50. The monoisotopic (exact) mass is 262 g/mol. The molecule has 106 valence electrons. The standard InChI is InChI=1S/C16H26N2O/c1-4-18(12-16(3)8-9-17-11-16)13(2)14-6-5-7-15(19)10-14/h5-7,10,13,17,19H,4,8-9,11-12H2,1-3H3. The van der Waals surface area contributed by atoms with E-state index in [4.69, 9.17) is 0 Å². The quantitative estimate of drug-likeness (QED) is 0.856. The number of benzene rings is 1. The number of phenolic OH excluding ortho intramolecular Hbond substituents is 1. The molecule has 3 nitrogen and oxygen atoms in total. The minimum Gasteiger partial charge on any atom is -0.508 e. The summed E-state index contributed by atoms with van der Waals surface area (Å²) >= 11 is 0. The highest BCUT2D eigenvalue weighted by Gasteiger charge is 2.31. The molecule has 1 aromatic rings. The fourth-order valence-corrected chi connectivity index (χ4v) is 3.01. The second kappa shape index (κ2) is 5.93. The van der Waals surface area contributed by atoms with Crippen LogP contribution < -0.4 is 5.32 Å². The van der Waals surface area contributed by atoms with E-state index in [-0.39, 0.29) is 0 Å². The van der Waals surface area contributed by atoms with Crippen molar-refractivity contribution < 1.29 is 5.11 Å². The molecule has 1 aliphatic heterocycles. The molecule has 0 radical (unpaired) electrons. The average Bonchev–Trinajstić information content (AvgIpc) is 2.82. The molecule has 2 unspecified atom stereocenters. The Balaban J connectivity index is 2.08. The Hall–Kier alpha value is -1.06. The lowest BCUT2D eigenvalue weighted by Crippen LogP contribution is -2.38. The van der Waals surface area contributed by atoms with E-state index in [9.17, 15) is 5.11 Å². The Morgan fingerprint density at radius 3 is 2.84 bits per heavy atom. The third kappa shape index (κ3) is 3.48. The van der Waals surface area contributed by atoms with E-state index in [0.29, 0.717) is 17.2 Å². The van der Waals surface area contributed by atoms with Gasteiger partial charge in [0.2, 0.25) is 0 Å². The van der Waals surface area contributed by atoms with E-state index in [2.05, 4.69) is 37.1 Å². The maximum absolute atomic E-state index is 9.62. The first kappa shape index (κ1) is 14.4. The Kier molecular flexibility index (Phi) is 4.48. The average molecular weight is 262 g/mol. The molecule has 0 amide bonds. The highest BCUT2D eigenvalue weighted by molar-refractivity contribution is 5.29. The predicted octanol–water partition coefficient (Wildman–Crippen LogP) is 2.77. The largest absolute Gasteiger partial charge is 0.508 e. The zero-order valence-corrected chi connectivity index (χ0v) is 12.3. The first-order chi connectivity index (χ1) is 9.04. The summed E-state index contributed by atoms with van der Waals surface area (Å²) in [6.45, 7) is 11.2. The Morgan fingerprint density at radius 1 is 1.47 bits per heavy atom. The number of nitrogens with one attached hydrogen (secondary N) is 1.